The van der Waals surface area contributed by atoms with E-state index in [9.17, 15) is 18.0 Å². The summed E-state index contributed by atoms with van der Waals surface area (Å²) >= 11 is 6.24. The van der Waals surface area contributed by atoms with Crippen LogP contribution in [0.2, 0.25) is 5.15 Å². The first-order valence-electron chi connectivity index (χ1n) is 11.6. The van der Waals surface area contributed by atoms with Crippen molar-refractivity contribution in [2.24, 2.45) is 5.10 Å². The lowest BCUT2D eigenvalue weighted by Gasteiger charge is -2.24. The van der Waals surface area contributed by atoms with Crippen LogP contribution in [0.1, 0.15) is 12.5 Å². The van der Waals surface area contributed by atoms with Crippen molar-refractivity contribution >= 4 is 61.9 Å². The van der Waals surface area contributed by atoms with Gasteiger partial charge in [0.2, 0.25) is 5.91 Å². The quantitative estimate of drug-likeness (QED) is 0.178. The molecule has 0 aliphatic carbocycles. The molecule has 0 atom stereocenters. The Morgan fingerprint density at radius 2 is 1.74 bits per heavy atom. The number of amides is 2. The predicted molar refractivity (Wildman–Crippen MR) is 151 cm³/mol. The van der Waals surface area contributed by atoms with Gasteiger partial charge in [-0.1, -0.05) is 29.8 Å². The Labute approximate surface area is 230 Å². The molecule has 0 unspecified atom stereocenters. The fourth-order valence-corrected chi connectivity index (χ4v) is 5.26. The van der Waals surface area contributed by atoms with Crippen LogP contribution in [-0.4, -0.2) is 45.1 Å². The molecule has 2 N–H and O–H groups in total. The number of aromatic nitrogens is 1. The summed E-state index contributed by atoms with van der Waals surface area (Å²) in [5.74, 6) is -0.459. The van der Waals surface area contributed by atoms with Crippen molar-refractivity contribution in [3.63, 3.8) is 0 Å². The van der Waals surface area contributed by atoms with Crippen LogP contribution >= 0.6 is 11.6 Å². The van der Waals surface area contributed by atoms with Crippen LogP contribution in [0, 0.1) is 0 Å². The van der Waals surface area contributed by atoms with Gasteiger partial charge in [0.25, 0.3) is 15.9 Å². The summed E-state index contributed by atoms with van der Waals surface area (Å²) in [6.45, 7) is 0.783. The fraction of sp³-hybridized carbons (Fsp3) is 0.111. The van der Waals surface area contributed by atoms with E-state index in [1.54, 1.807) is 18.2 Å². The van der Waals surface area contributed by atoms with Crippen molar-refractivity contribution in [3.8, 4) is 5.75 Å². The van der Waals surface area contributed by atoms with Gasteiger partial charge >= 0.3 is 0 Å². The van der Waals surface area contributed by atoms with Gasteiger partial charge in [0.05, 0.1) is 29.4 Å². The second-order valence-corrected chi connectivity index (χ2v) is 10.5. The van der Waals surface area contributed by atoms with Crippen LogP contribution in [0.4, 0.5) is 11.4 Å². The van der Waals surface area contributed by atoms with E-state index in [4.69, 9.17) is 16.3 Å². The van der Waals surface area contributed by atoms with Gasteiger partial charge in [-0.25, -0.2) is 18.8 Å². The number of hydrazone groups is 1. The molecule has 4 rings (SSSR count). The lowest BCUT2D eigenvalue weighted by atomic mass is 10.2. The third-order valence-corrected chi connectivity index (χ3v) is 7.60. The molecule has 0 aliphatic heterocycles. The summed E-state index contributed by atoms with van der Waals surface area (Å²) < 4.78 is 33.3. The van der Waals surface area contributed by atoms with Crippen molar-refractivity contribution in [2.45, 2.75) is 11.8 Å². The molecule has 1 heterocycles. The molecule has 0 spiro atoms. The molecule has 10 nitrogen and oxygen atoms in total. The van der Waals surface area contributed by atoms with Crippen molar-refractivity contribution in [1.29, 1.82) is 0 Å². The summed E-state index contributed by atoms with van der Waals surface area (Å²) in [6.07, 6.45) is 1.34. The zero-order chi connectivity index (χ0) is 28.0. The van der Waals surface area contributed by atoms with E-state index in [0.717, 1.165) is 9.69 Å². The molecule has 12 heteroatoms. The van der Waals surface area contributed by atoms with Gasteiger partial charge in [-0.05, 0) is 60.7 Å². The second kappa shape index (κ2) is 11.9. The monoisotopic (exact) mass is 565 g/mol. The Kier molecular flexibility index (Phi) is 8.43. The number of nitrogens with zero attached hydrogens (tertiary/aromatic N) is 3. The van der Waals surface area contributed by atoms with Crippen LogP contribution in [0.25, 0.3) is 10.9 Å². The SMILES string of the molecule is COc1ccc(N(CC(=O)N/N=C\c2cc3ccccc3nc2Cl)S(=O)(=O)c2ccc(NC(C)=O)cc2)cc1. The standard InChI is InChI=1S/C27H24ClN5O5S/c1-18(34)30-21-7-13-24(14-8-21)39(36,37)33(22-9-11-23(38-2)12-10-22)17-26(35)32-29-16-20-15-19-5-3-4-6-25(19)31-27(20)28/h3-16H,17H2,1-2H3,(H,30,34)(H,32,35)/b29-16-. The Morgan fingerprint density at radius 1 is 1.05 bits per heavy atom. The molecule has 0 radical (unpaired) electrons. The van der Waals surface area contributed by atoms with Crippen molar-refractivity contribution in [3.05, 3.63) is 89.6 Å². The van der Waals surface area contributed by atoms with E-state index < -0.39 is 22.5 Å². The molecule has 39 heavy (non-hydrogen) atoms. The zero-order valence-electron chi connectivity index (χ0n) is 21.0. The summed E-state index contributed by atoms with van der Waals surface area (Å²) in [5.41, 5.74) is 4.22. The molecule has 3 aromatic carbocycles. The first kappa shape index (κ1) is 27.6. The smallest absolute Gasteiger partial charge is 0.264 e. The number of carbonyl (C=O) groups is 2. The Balaban J connectivity index is 1.57. The van der Waals surface area contributed by atoms with E-state index in [-0.39, 0.29) is 21.6 Å². The predicted octanol–water partition coefficient (Wildman–Crippen LogP) is 4.20. The van der Waals surface area contributed by atoms with Crippen LogP contribution in [0.3, 0.4) is 0 Å². The Hall–Kier alpha value is -4.48. The number of anilines is 2. The van der Waals surface area contributed by atoms with Crippen molar-refractivity contribution in [1.82, 2.24) is 10.4 Å². The molecule has 0 aliphatic rings. The van der Waals surface area contributed by atoms with Gasteiger partial charge in [-0.2, -0.15) is 5.10 Å². The summed E-state index contributed by atoms with van der Waals surface area (Å²) in [4.78, 5) is 28.4. The highest BCUT2D eigenvalue weighted by Crippen LogP contribution is 2.26. The summed E-state index contributed by atoms with van der Waals surface area (Å²) in [5, 5.41) is 7.58. The molecule has 0 saturated carbocycles. The van der Waals surface area contributed by atoms with Gasteiger partial charge in [-0.15, -0.1) is 0 Å². The van der Waals surface area contributed by atoms with E-state index in [1.165, 1.54) is 56.6 Å². The normalized spacial score (nSPS) is 11.4. The number of fused-ring (bicyclic) bond motifs is 1. The van der Waals surface area contributed by atoms with Gasteiger partial charge in [-0.3, -0.25) is 13.9 Å². The van der Waals surface area contributed by atoms with Crippen LogP contribution in [0.15, 0.2) is 88.9 Å². The Morgan fingerprint density at radius 3 is 2.41 bits per heavy atom. The molecule has 4 aromatic rings. The van der Waals surface area contributed by atoms with Gasteiger partial charge in [0, 0.05) is 23.6 Å². The number of hydrogen-bond acceptors (Lipinski definition) is 7. The van der Waals surface area contributed by atoms with Crippen LogP contribution < -0.4 is 19.8 Å². The van der Waals surface area contributed by atoms with Crippen LogP contribution in [0.5, 0.6) is 5.75 Å². The lowest BCUT2D eigenvalue weighted by Crippen LogP contribution is -2.39. The summed E-state index contributed by atoms with van der Waals surface area (Å²) in [7, 11) is -2.70. The zero-order valence-corrected chi connectivity index (χ0v) is 22.5. The molecule has 1 aromatic heterocycles. The maximum atomic E-state index is 13.6. The summed E-state index contributed by atoms with van der Waals surface area (Å²) in [6, 6.07) is 21.0. The van der Waals surface area contributed by atoms with Crippen LogP contribution in [-0.2, 0) is 19.6 Å². The number of sulfonamides is 1. The molecule has 0 saturated heterocycles. The highest BCUT2D eigenvalue weighted by molar-refractivity contribution is 7.92. The Bertz CT molecular complexity index is 1640. The number of para-hydroxylation sites is 1. The van der Waals surface area contributed by atoms with E-state index in [0.29, 0.717) is 22.5 Å². The minimum Gasteiger partial charge on any atom is -0.497 e. The largest absolute Gasteiger partial charge is 0.497 e. The number of methoxy groups -OCH3 is 1. The minimum atomic E-state index is -4.19. The molecular formula is C27H24ClN5O5S. The number of hydrogen-bond donors (Lipinski definition) is 2. The number of rotatable bonds is 9. The van der Waals surface area contributed by atoms with E-state index in [2.05, 4.69) is 20.8 Å². The third kappa shape index (κ3) is 6.70. The average Bonchev–Trinajstić information content (AvgIpc) is 2.92. The maximum absolute atomic E-state index is 13.6. The van der Waals surface area contributed by atoms with Gasteiger partial charge in [0.15, 0.2) is 0 Å². The first-order chi connectivity index (χ1) is 18.7. The number of benzene rings is 3. The lowest BCUT2D eigenvalue weighted by molar-refractivity contribution is -0.119. The molecule has 200 valence electrons. The minimum absolute atomic E-state index is 0.0715. The molecule has 0 bridgehead atoms. The third-order valence-electron chi connectivity index (χ3n) is 5.51. The van der Waals surface area contributed by atoms with Gasteiger partial charge < -0.3 is 10.1 Å². The van der Waals surface area contributed by atoms with E-state index >= 15 is 0 Å². The number of pyridine rings is 1. The van der Waals surface area contributed by atoms with Crippen molar-refractivity contribution in [2.75, 3.05) is 23.3 Å². The van der Waals surface area contributed by atoms with Gasteiger partial charge in [0.1, 0.15) is 17.4 Å². The average molecular weight is 566 g/mol. The number of ether oxygens (including phenoxy) is 1. The highest BCUT2D eigenvalue weighted by atomic mass is 35.5. The van der Waals surface area contributed by atoms with Crippen molar-refractivity contribution < 1.29 is 22.7 Å². The molecular weight excluding hydrogens is 542 g/mol. The number of halogens is 1. The molecule has 0 fully saturated rings. The molecule has 2 amide bonds. The second-order valence-electron chi connectivity index (χ2n) is 8.27. The first-order valence-corrected chi connectivity index (χ1v) is 13.4. The maximum Gasteiger partial charge on any atom is 0.264 e. The van der Waals surface area contributed by atoms with E-state index in [1.807, 2.05) is 24.3 Å². The topological polar surface area (TPSA) is 130 Å². The number of nitrogens with one attached hydrogen (secondary N) is 2. The number of carbonyl (C=O) groups excluding carboxylic acids is 2. The fourth-order valence-electron chi connectivity index (χ4n) is 3.64. The highest BCUT2D eigenvalue weighted by Gasteiger charge is 2.27.